The maximum Gasteiger partial charge on any atom is 0.276 e. The van der Waals surface area contributed by atoms with Crippen LogP contribution < -0.4 is 16.3 Å². The SMILES string of the molecule is Cc1cc(Cl)ccc1ON=C(C(N)=O)C(N)=O. The molecule has 1 aromatic rings. The van der Waals surface area contributed by atoms with Crippen LogP contribution in [-0.2, 0) is 9.59 Å². The monoisotopic (exact) mass is 255 g/mol. The molecule has 0 aliphatic rings. The fraction of sp³-hybridized carbons (Fsp3) is 0.100. The first-order valence-electron chi connectivity index (χ1n) is 4.52. The Morgan fingerprint density at radius 1 is 1.29 bits per heavy atom. The van der Waals surface area contributed by atoms with Gasteiger partial charge < -0.3 is 16.3 Å². The Kier molecular flexibility index (Phi) is 4.06. The zero-order valence-electron chi connectivity index (χ0n) is 8.94. The highest BCUT2D eigenvalue weighted by Gasteiger charge is 2.15. The van der Waals surface area contributed by atoms with E-state index >= 15 is 0 Å². The Balaban J connectivity index is 2.95. The number of nitrogens with two attached hydrogens (primary N) is 2. The molecule has 0 heterocycles. The number of benzene rings is 1. The first-order valence-corrected chi connectivity index (χ1v) is 4.90. The first kappa shape index (κ1) is 13.0. The average molecular weight is 256 g/mol. The minimum atomic E-state index is -1.05. The van der Waals surface area contributed by atoms with Crippen molar-refractivity contribution in [3.63, 3.8) is 0 Å². The maximum absolute atomic E-state index is 10.8. The van der Waals surface area contributed by atoms with Crippen LogP contribution in [0.4, 0.5) is 0 Å². The van der Waals surface area contributed by atoms with Crippen LogP contribution in [0.2, 0.25) is 5.02 Å². The molecule has 0 atom stereocenters. The van der Waals surface area contributed by atoms with Crippen molar-refractivity contribution < 1.29 is 14.4 Å². The number of carbonyl (C=O) groups excluding carboxylic acids is 2. The average Bonchev–Trinajstić information content (AvgIpc) is 2.20. The fourth-order valence-electron chi connectivity index (χ4n) is 1.02. The molecular formula is C10H10ClN3O3. The highest BCUT2D eigenvalue weighted by atomic mass is 35.5. The Labute approximate surface area is 102 Å². The fourth-order valence-corrected chi connectivity index (χ4v) is 1.25. The topological polar surface area (TPSA) is 108 Å². The van der Waals surface area contributed by atoms with Gasteiger partial charge in [-0.15, -0.1) is 0 Å². The van der Waals surface area contributed by atoms with Crippen molar-refractivity contribution in [3.8, 4) is 5.75 Å². The standard InChI is InChI=1S/C10H10ClN3O3/c1-5-4-6(11)2-3-7(5)17-14-8(9(12)15)10(13)16/h2-4H,1H3,(H2,12,15)(H2,13,16). The quantitative estimate of drug-likeness (QED) is 0.460. The molecule has 0 fully saturated rings. The Hall–Kier alpha value is -2.08. The summed E-state index contributed by atoms with van der Waals surface area (Å²) < 4.78 is 0. The zero-order chi connectivity index (χ0) is 13.0. The van der Waals surface area contributed by atoms with E-state index in [1.807, 2.05) is 0 Å². The molecule has 0 saturated heterocycles. The van der Waals surface area contributed by atoms with Crippen LogP contribution in [0.3, 0.4) is 0 Å². The van der Waals surface area contributed by atoms with Crippen LogP contribution in [0.1, 0.15) is 5.56 Å². The molecule has 0 spiro atoms. The van der Waals surface area contributed by atoms with Crippen molar-refractivity contribution in [2.24, 2.45) is 16.6 Å². The van der Waals surface area contributed by atoms with Crippen molar-refractivity contribution >= 4 is 29.1 Å². The highest BCUT2D eigenvalue weighted by molar-refractivity contribution is 6.64. The van der Waals surface area contributed by atoms with E-state index in [0.717, 1.165) is 0 Å². The smallest absolute Gasteiger partial charge is 0.276 e. The summed E-state index contributed by atoms with van der Waals surface area (Å²) in [4.78, 5) is 26.5. The molecule has 1 rings (SSSR count). The highest BCUT2D eigenvalue weighted by Crippen LogP contribution is 2.21. The van der Waals surface area contributed by atoms with Crippen LogP contribution in [0.5, 0.6) is 5.75 Å². The number of amides is 2. The molecule has 0 aliphatic carbocycles. The molecule has 0 aliphatic heterocycles. The van der Waals surface area contributed by atoms with E-state index in [-0.39, 0.29) is 0 Å². The van der Waals surface area contributed by atoms with Crippen molar-refractivity contribution in [3.05, 3.63) is 28.8 Å². The first-order chi connectivity index (χ1) is 7.91. The van der Waals surface area contributed by atoms with E-state index in [2.05, 4.69) is 5.16 Å². The summed E-state index contributed by atoms with van der Waals surface area (Å²) in [5.74, 6) is -1.76. The van der Waals surface area contributed by atoms with Gasteiger partial charge in [-0.2, -0.15) is 0 Å². The lowest BCUT2D eigenvalue weighted by Gasteiger charge is -2.03. The molecule has 90 valence electrons. The predicted octanol–water partition coefficient (Wildman–Crippen LogP) is 0.354. The Morgan fingerprint density at radius 2 is 1.88 bits per heavy atom. The molecule has 0 radical (unpaired) electrons. The normalized spacial score (nSPS) is 9.53. The summed E-state index contributed by atoms with van der Waals surface area (Å²) in [6.45, 7) is 1.73. The molecule has 0 bridgehead atoms. The number of oxime groups is 1. The number of hydrogen-bond donors (Lipinski definition) is 2. The van der Waals surface area contributed by atoms with Crippen molar-refractivity contribution in [1.29, 1.82) is 0 Å². The third kappa shape index (κ3) is 3.46. The van der Waals surface area contributed by atoms with Crippen molar-refractivity contribution in [2.45, 2.75) is 6.92 Å². The van der Waals surface area contributed by atoms with Gasteiger partial charge in [0.15, 0.2) is 5.75 Å². The summed E-state index contributed by atoms with van der Waals surface area (Å²) >= 11 is 5.74. The number of halogens is 1. The van der Waals surface area contributed by atoms with Crippen molar-refractivity contribution in [2.75, 3.05) is 0 Å². The van der Waals surface area contributed by atoms with Gasteiger partial charge in [-0.1, -0.05) is 16.8 Å². The van der Waals surface area contributed by atoms with Crippen LogP contribution in [0.15, 0.2) is 23.4 Å². The number of hydrogen-bond acceptors (Lipinski definition) is 4. The molecule has 4 N–H and O–H groups in total. The van der Waals surface area contributed by atoms with E-state index in [0.29, 0.717) is 16.3 Å². The second-order valence-electron chi connectivity index (χ2n) is 3.17. The largest absolute Gasteiger partial charge is 0.364 e. The molecule has 6 nitrogen and oxygen atoms in total. The van der Waals surface area contributed by atoms with Gasteiger partial charge in [-0.05, 0) is 30.7 Å². The second-order valence-corrected chi connectivity index (χ2v) is 3.61. The van der Waals surface area contributed by atoms with Gasteiger partial charge in [0.2, 0.25) is 5.71 Å². The molecule has 2 amide bonds. The van der Waals surface area contributed by atoms with Gasteiger partial charge in [0.1, 0.15) is 0 Å². The predicted molar refractivity (Wildman–Crippen MR) is 62.6 cm³/mol. The van der Waals surface area contributed by atoms with Crippen LogP contribution in [0, 0.1) is 6.92 Å². The van der Waals surface area contributed by atoms with Gasteiger partial charge in [-0.3, -0.25) is 9.59 Å². The summed E-state index contributed by atoms with van der Waals surface area (Å²) in [6.07, 6.45) is 0. The molecular weight excluding hydrogens is 246 g/mol. The number of primary amides is 2. The molecule has 0 aromatic heterocycles. The molecule has 0 unspecified atom stereocenters. The number of nitrogens with zero attached hydrogens (tertiary/aromatic N) is 1. The summed E-state index contributed by atoms with van der Waals surface area (Å²) in [6, 6.07) is 4.76. The lowest BCUT2D eigenvalue weighted by Crippen LogP contribution is -2.36. The van der Waals surface area contributed by atoms with E-state index in [1.165, 1.54) is 0 Å². The van der Waals surface area contributed by atoms with Gasteiger partial charge in [0.05, 0.1) is 0 Å². The van der Waals surface area contributed by atoms with Gasteiger partial charge in [0, 0.05) is 5.02 Å². The minimum Gasteiger partial charge on any atom is -0.364 e. The van der Waals surface area contributed by atoms with Gasteiger partial charge in [-0.25, -0.2) is 0 Å². The second kappa shape index (κ2) is 5.31. The Morgan fingerprint density at radius 3 is 2.35 bits per heavy atom. The van der Waals surface area contributed by atoms with Crippen molar-refractivity contribution in [1.82, 2.24) is 0 Å². The number of rotatable bonds is 4. The molecule has 17 heavy (non-hydrogen) atoms. The van der Waals surface area contributed by atoms with E-state index in [4.69, 9.17) is 27.9 Å². The van der Waals surface area contributed by atoms with Crippen LogP contribution >= 0.6 is 11.6 Å². The van der Waals surface area contributed by atoms with Gasteiger partial charge >= 0.3 is 0 Å². The van der Waals surface area contributed by atoms with E-state index in [1.54, 1.807) is 25.1 Å². The number of aryl methyl sites for hydroxylation is 1. The number of carbonyl (C=O) groups is 2. The van der Waals surface area contributed by atoms with Crippen LogP contribution in [0.25, 0.3) is 0 Å². The maximum atomic E-state index is 10.8. The van der Waals surface area contributed by atoms with E-state index < -0.39 is 17.5 Å². The summed E-state index contributed by atoms with van der Waals surface area (Å²) in [7, 11) is 0. The molecule has 0 saturated carbocycles. The molecule has 7 heteroatoms. The summed E-state index contributed by atoms with van der Waals surface area (Å²) in [5, 5.41) is 3.84. The van der Waals surface area contributed by atoms with Gasteiger partial charge in [0.25, 0.3) is 11.8 Å². The third-order valence-electron chi connectivity index (χ3n) is 1.84. The zero-order valence-corrected chi connectivity index (χ0v) is 9.69. The third-order valence-corrected chi connectivity index (χ3v) is 2.07. The Bertz CT molecular complexity index is 484. The summed E-state index contributed by atoms with van der Waals surface area (Å²) in [5.41, 5.74) is 9.82. The van der Waals surface area contributed by atoms with Crippen LogP contribution in [-0.4, -0.2) is 17.5 Å². The molecule has 1 aromatic carbocycles. The van der Waals surface area contributed by atoms with E-state index in [9.17, 15) is 9.59 Å². The minimum absolute atomic E-state index is 0.342. The lowest BCUT2D eigenvalue weighted by molar-refractivity contribution is -0.116. The lowest BCUT2D eigenvalue weighted by atomic mass is 10.2.